The normalized spacial score (nSPS) is 26.0. The lowest BCUT2D eigenvalue weighted by Gasteiger charge is -2.10. The van der Waals surface area contributed by atoms with Gasteiger partial charge in [0.05, 0.1) is 12.5 Å². The van der Waals surface area contributed by atoms with Gasteiger partial charge in [-0.2, -0.15) is 0 Å². The van der Waals surface area contributed by atoms with Crippen LogP contribution >= 0.6 is 34.8 Å². The number of carbonyl (C=O) groups excluding carboxylic acids is 1. The molecule has 0 amide bonds. The Morgan fingerprint density at radius 2 is 1.89 bits per heavy atom. The number of benzene rings is 1. The Morgan fingerprint density at radius 1 is 1.26 bits per heavy atom. The van der Waals surface area contributed by atoms with Crippen LogP contribution in [0.2, 0.25) is 0 Å². The molecule has 1 aromatic carbocycles. The monoisotopic (exact) mass is 320 g/mol. The molecule has 0 bridgehead atoms. The van der Waals surface area contributed by atoms with Crippen LogP contribution < -0.4 is 0 Å². The van der Waals surface area contributed by atoms with Gasteiger partial charge in [-0.15, -0.1) is 0 Å². The SMILES string of the molecule is CCOC(=O)[C@@H]1[C@H](Cc2ccccc2)[C@H]1C(Cl)(Cl)Cl. The summed E-state index contributed by atoms with van der Waals surface area (Å²) in [6.07, 6.45) is 0.725. The lowest BCUT2D eigenvalue weighted by molar-refractivity contribution is -0.145. The molecule has 2 rings (SSSR count). The molecule has 1 saturated carbocycles. The second kappa shape index (κ2) is 5.90. The quantitative estimate of drug-likeness (QED) is 0.618. The van der Waals surface area contributed by atoms with E-state index in [2.05, 4.69) is 0 Å². The van der Waals surface area contributed by atoms with Gasteiger partial charge in [0.2, 0.25) is 0 Å². The zero-order chi connectivity index (χ0) is 14.0. The summed E-state index contributed by atoms with van der Waals surface area (Å²) in [5.74, 6) is -0.807. The van der Waals surface area contributed by atoms with Gasteiger partial charge in [-0.3, -0.25) is 4.79 Å². The Hall–Kier alpha value is -0.440. The summed E-state index contributed by atoms with van der Waals surface area (Å²) in [5.41, 5.74) is 1.14. The van der Waals surface area contributed by atoms with Crippen LogP contribution in [0.3, 0.4) is 0 Å². The number of ether oxygens (including phenoxy) is 1. The predicted octanol–water partition coefficient (Wildman–Crippen LogP) is 4.02. The van der Waals surface area contributed by atoms with Crippen molar-refractivity contribution in [2.45, 2.75) is 17.1 Å². The summed E-state index contributed by atoms with van der Waals surface area (Å²) in [6, 6.07) is 9.89. The second-order valence-electron chi connectivity index (χ2n) is 4.70. The Balaban J connectivity index is 2.08. The highest BCUT2D eigenvalue weighted by Gasteiger charge is 2.63. The fraction of sp³-hybridized carbons (Fsp3) is 0.500. The van der Waals surface area contributed by atoms with Crippen molar-refractivity contribution in [1.29, 1.82) is 0 Å². The van der Waals surface area contributed by atoms with E-state index in [1.54, 1.807) is 6.92 Å². The van der Waals surface area contributed by atoms with Crippen molar-refractivity contribution in [1.82, 2.24) is 0 Å². The van der Waals surface area contributed by atoms with Crippen LogP contribution in [-0.4, -0.2) is 16.4 Å². The summed E-state index contributed by atoms with van der Waals surface area (Å²) < 4.78 is 3.62. The van der Waals surface area contributed by atoms with Crippen LogP contribution in [0.15, 0.2) is 30.3 Å². The van der Waals surface area contributed by atoms with Crippen LogP contribution in [0, 0.1) is 17.8 Å². The van der Waals surface area contributed by atoms with Crippen molar-refractivity contribution in [2.24, 2.45) is 17.8 Å². The Kier molecular flexibility index (Phi) is 4.65. The molecule has 0 aromatic heterocycles. The van der Waals surface area contributed by atoms with Gasteiger partial charge in [0.1, 0.15) is 0 Å². The van der Waals surface area contributed by atoms with E-state index in [0.29, 0.717) is 6.61 Å². The van der Waals surface area contributed by atoms with Gasteiger partial charge in [0.25, 0.3) is 0 Å². The molecule has 0 saturated heterocycles. The number of hydrogen-bond acceptors (Lipinski definition) is 2. The van der Waals surface area contributed by atoms with Gasteiger partial charge < -0.3 is 4.74 Å². The molecular formula is C14H15Cl3O2. The van der Waals surface area contributed by atoms with Gasteiger partial charge in [-0.25, -0.2) is 0 Å². The molecule has 5 heteroatoms. The molecule has 0 unspecified atom stereocenters. The molecule has 0 aliphatic heterocycles. The van der Waals surface area contributed by atoms with Gasteiger partial charge >= 0.3 is 5.97 Å². The maximum absolute atomic E-state index is 11.9. The Bertz CT molecular complexity index is 442. The van der Waals surface area contributed by atoms with Gasteiger partial charge in [0.15, 0.2) is 3.79 Å². The Morgan fingerprint density at radius 3 is 2.42 bits per heavy atom. The molecule has 0 heterocycles. The van der Waals surface area contributed by atoms with E-state index in [4.69, 9.17) is 39.5 Å². The third-order valence-corrected chi connectivity index (χ3v) is 4.18. The summed E-state index contributed by atoms with van der Waals surface area (Å²) >= 11 is 17.9. The van der Waals surface area contributed by atoms with Gasteiger partial charge in [0, 0.05) is 5.92 Å². The molecule has 1 fully saturated rings. The number of esters is 1. The molecule has 19 heavy (non-hydrogen) atoms. The van der Waals surface area contributed by atoms with Crippen LogP contribution in [0.4, 0.5) is 0 Å². The minimum absolute atomic E-state index is 0.0361. The van der Waals surface area contributed by atoms with E-state index in [1.807, 2.05) is 30.3 Å². The lowest BCUT2D eigenvalue weighted by atomic mass is 10.1. The van der Waals surface area contributed by atoms with Gasteiger partial charge in [-0.05, 0) is 24.8 Å². The highest BCUT2D eigenvalue weighted by Crippen LogP contribution is 2.60. The van der Waals surface area contributed by atoms with Crippen LogP contribution in [-0.2, 0) is 16.0 Å². The first-order valence-electron chi connectivity index (χ1n) is 6.22. The molecule has 1 aliphatic carbocycles. The zero-order valence-electron chi connectivity index (χ0n) is 10.5. The van der Waals surface area contributed by atoms with Gasteiger partial charge in [-0.1, -0.05) is 65.1 Å². The predicted molar refractivity (Wildman–Crippen MR) is 77.5 cm³/mol. The third-order valence-electron chi connectivity index (χ3n) is 3.42. The molecular weight excluding hydrogens is 307 g/mol. The van der Waals surface area contributed by atoms with Crippen molar-refractivity contribution in [3.05, 3.63) is 35.9 Å². The largest absolute Gasteiger partial charge is 0.466 e. The molecule has 1 aromatic rings. The molecule has 104 valence electrons. The van der Waals surface area contributed by atoms with Crippen molar-refractivity contribution >= 4 is 40.8 Å². The molecule has 3 atom stereocenters. The van der Waals surface area contributed by atoms with E-state index in [0.717, 1.165) is 12.0 Å². The third kappa shape index (κ3) is 3.56. The van der Waals surface area contributed by atoms with Crippen LogP contribution in [0.25, 0.3) is 0 Å². The number of rotatable bonds is 4. The zero-order valence-corrected chi connectivity index (χ0v) is 12.8. The summed E-state index contributed by atoms with van der Waals surface area (Å²) in [5, 5.41) is 0. The average Bonchev–Trinajstić information content (AvgIpc) is 3.05. The van der Waals surface area contributed by atoms with E-state index < -0.39 is 3.79 Å². The molecule has 0 radical (unpaired) electrons. The second-order valence-corrected chi connectivity index (χ2v) is 7.07. The number of alkyl halides is 3. The lowest BCUT2D eigenvalue weighted by Crippen LogP contribution is -2.14. The highest BCUT2D eigenvalue weighted by atomic mass is 35.6. The summed E-state index contributed by atoms with van der Waals surface area (Å²) in [4.78, 5) is 11.9. The minimum atomic E-state index is -1.42. The minimum Gasteiger partial charge on any atom is -0.466 e. The van der Waals surface area contributed by atoms with E-state index in [9.17, 15) is 4.79 Å². The fourth-order valence-electron chi connectivity index (χ4n) is 2.52. The summed E-state index contributed by atoms with van der Waals surface area (Å²) in [6.45, 7) is 2.12. The van der Waals surface area contributed by atoms with Crippen molar-refractivity contribution < 1.29 is 9.53 Å². The summed E-state index contributed by atoms with van der Waals surface area (Å²) in [7, 11) is 0. The van der Waals surface area contributed by atoms with Crippen molar-refractivity contribution in [2.75, 3.05) is 6.61 Å². The van der Waals surface area contributed by atoms with E-state index in [-0.39, 0.29) is 23.7 Å². The Labute approximate surface area is 128 Å². The molecule has 1 aliphatic rings. The smallest absolute Gasteiger partial charge is 0.309 e. The van der Waals surface area contributed by atoms with E-state index in [1.165, 1.54) is 0 Å². The van der Waals surface area contributed by atoms with Crippen LogP contribution in [0.5, 0.6) is 0 Å². The van der Waals surface area contributed by atoms with Crippen molar-refractivity contribution in [3.8, 4) is 0 Å². The first kappa shape index (κ1) is 15.0. The average molecular weight is 322 g/mol. The maximum atomic E-state index is 11.9. The standard InChI is InChI=1S/C14H15Cl3O2/c1-2-19-13(18)11-10(12(11)14(15,16)17)8-9-6-4-3-5-7-9/h3-7,10-12H,2,8H2,1H3/t10-,11+,12+/m0/s1. The highest BCUT2D eigenvalue weighted by molar-refractivity contribution is 6.68. The molecule has 0 spiro atoms. The molecule has 2 nitrogen and oxygen atoms in total. The number of hydrogen-bond donors (Lipinski definition) is 0. The molecule has 0 N–H and O–H groups in total. The fourth-order valence-corrected chi connectivity index (χ4v) is 3.41. The van der Waals surface area contributed by atoms with Crippen LogP contribution in [0.1, 0.15) is 12.5 Å². The number of halogens is 3. The topological polar surface area (TPSA) is 26.3 Å². The van der Waals surface area contributed by atoms with E-state index >= 15 is 0 Å². The van der Waals surface area contributed by atoms with Crippen molar-refractivity contribution in [3.63, 3.8) is 0 Å². The first-order chi connectivity index (χ1) is 8.95. The number of carbonyl (C=O) groups is 1. The first-order valence-corrected chi connectivity index (χ1v) is 7.35. The maximum Gasteiger partial charge on any atom is 0.309 e.